The smallest absolute Gasteiger partial charge is 0.334 e. The minimum Gasteiger partial charge on any atom is -0.479 e. The van der Waals surface area contributed by atoms with Crippen molar-refractivity contribution in [3.8, 4) is 0 Å². The number of hydrogen-bond acceptors (Lipinski definition) is 5. The summed E-state index contributed by atoms with van der Waals surface area (Å²) in [6.07, 6.45) is -1.04. The van der Waals surface area contributed by atoms with Gasteiger partial charge < -0.3 is 20.1 Å². The molecule has 2 amide bonds. The Morgan fingerprint density at radius 3 is 2.79 bits per heavy atom. The van der Waals surface area contributed by atoms with Crippen molar-refractivity contribution < 1.29 is 19.4 Å². The van der Waals surface area contributed by atoms with Crippen molar-refractivity contribution in [1.29, 1.82) is 0 Å². The number of rotatable bonds is 6. The maximum Gasteiger partial charge on any atom is 0.334 e. The van der Waals surface area contributed by atoms with Gasteiger partial charge in [0.1, 0.15) is 0 Å². The fourth-order valence-corrected chi connectivity index (χ4v) is 1.99. The van der Waals surface area contributed by atoms with E-state index in [1.165, 1.54) is 23.3 Å². The number of aryl methyl sites for hydroxylation is 1. The zero-order valence-corrected chi connectivity index (χ0v) is 11.9. The maximum atomic E-state index is 11.7. The van der Waals surface area contributed by atoms with Crippen molar-refractivity contribution in [2.45, 2.75) is 19.6 Å². The number of hydrogen-bond donors (Lipinski definition) is 2. The average molecular weight is 287 g/mol. The first-order valence-corrected chi connectivity index (χ1v) is 6.47. The third-order valence-electron chi connectivity index (χ3n) is 2.41. The van der Waals surface area contributed by atoms with Crippen molar-refractivity contribution in [2.75, 3.05) is 20.7 Å². The zero-order valence-electron chi connectivity index (χ0n) is 11.0. The van der Waals surface area contributed by atoms with E-state index in [-0.39, 0.29) is 12.6 Å². The number of aromatic nitrogens is 1. The summed E-state index contributed by atoms with van der Waals surface area (Å²) in [5.41, 5.74) is 0.807. The molecule has 0 aliphatic rings. The molecule has 0 radical (unpaired) electrons. The van der Waals surface area contributed by atoms with E-state index in [1.807, 2.05) is 12.3 Å². The van der Waals surface area contributed by atoms with E-state index in [1.54, 1.807) is 7.05 Å². The normalized spacial score (nSPS) is 11.9. The van der Waals surface area contributed by atoms with Gasteiger partial charge in [0.25, 0.3) is 0 Å². The molecular weight excluding hydrogens is 270 g/mol. The monoisotopic (exact) mass is 287 g/mol. The second-order valence-electron chi connectivity index (χ2n) is 3.96. The Labute approximate surface area is 115 Å². The average Bonchev–Trinajstić information content (AvgIpc) is 2.74. The number of aliphatic carboxylic acids is 1. The van der Waals surface area contributed by atoms with Crippen LogP contribution in [0.3, 0.4) is 0 Å². The van der Waals surface area contributed by atoms with Crippen molar-refractivity contribution in [3.05, 3.63) is 16.1 Å². The van der Waals surface area contributed by atoms with Gasteiger partial charge in [-0.1, -0.05) is 0 Å². The first kappa shape index (κ1) is 15.4. The molecular formula is C11H17N3O4S. The van der Waals surface area contributed by atoms with Gasteiger partial charge >= 0.3 is 12.0 Å². The first-order chi connectivity index (χ1) is 8.93. The van der Waals surface area contributed by atoms with Crippen molar-refractivity contribution in [2.24, 2.45) is 0 Å². The number of urea groups is 1. The molecule has 8 heteroatoms. The molecule has 1 unspecified atom stereocenters. The van der Waals surface area contributed by atoms with Crippen LogP contribution in [0.1, 0.15) is 10.7 Å². The quantitative estimate of drug-likeness (QED) is 0.803. The maximum absolute atomic E-state index is 11.7. The highest BCUT2D eigenvalue weighted by Crippen LogP contribution is 2.09. The standard InChI is InChI=1S/C11H17N3O4S/c1-7-13-8(6-19-7)5-14(2)11(17)12-4-9(18-3)10(15)16/h6,9H,4-5H2,1-3H3,(H,12,17)(H,15,16). The van der Waals surface area contributed by atoms with Crippen LogP contribution in [0.25, 0.3) is 0 Å². The highest BCUT2D eigenvalue weighted by Gasteiger charge is 2.18. The first-order valence-electron chi connectivity index (χ1n) is 5.59. The Hall–Kier alpha value is -1.67. The van der Waals surface area contributed by atoms with Crippen LogP contribution in [-0.2, 0) is 16.1 Å². The van der Waals surface area contributed by atoms with E-state index in [4.69, 9.17) is 9.84 Å². The number of carboxylic acid groups (broad SMARTS) is 1. The molecule has 19 heavy (non-hydrogen) atoms. The summed E-state index contributed by atoms with van der Waals surface area (Å²) in [6, 6.07) is -0.367. The second kappa shape index (κ2) is 7.05. The number of carbonyl (C=O) groups is 2. The summed E-state index contributed by atoms with van der Waals surface area (Å²) < 4.78 is 4.72. The van der Waals surface area contributed by atoms with Gasteiger partial charge in [0, 0.05) is 19.5 Å². The number of amides is 2. The molecule has 0 spiro atoms. The van der Waals surface area contributed by atoms with Gasteiger partial charge in [-0.3, -0.25) is 0 Å². The van der Waals surface area contributed by atoms with Crippen LogP contribution in [0.5, 0.6) is 0 Å². The molecule has 1 rings (SSSR count). The number of carbonyl (C=O) groups excluding carboxylic acids is 1. The Morgan fingerprint density at radius 1 is 1.63 bits per heavy atom. The van der Waals surface area contributed by atoms with Gasteiger partial charge in [0.2, 0.25) is 0 Å². The molecule has 2 N–H and O–H groups in total. The Balaban J connectivity index is 2.42. The van der Waals surface area contributed by atoms with Crippen LogP contribution in [0.2, 0.25) is 0 Å². The summed E-state index contributed by atoms with van der Waals surface area (Å²) >= 11 is 1.52. The lowest BCUT2D eigenvalue weighted by Gasteiger charge is -2.18. The molecule has 0 aliphatic carbocycles. The highest BCUT2D eigenvalue weighted by molar-refractivity contribution is 7.09. The van der Waals surface area contributed by atoms with E-state index in [0.717, 1.165) is 10.7 Å². The largest absolute Gasteiger partial charge is 0.479 e. The topological polar surface area (TPSA) is 91.8 Å². The fourth-order valence-electron chi connectivity index (χ4n) is 1.38. The molecule has 1 atom stereocenters. The molecule has 1 aromatic heterocycles. The van der Waals surface area contributed by atoms with Crippen LogP contribution < -0.4 is 5.32 Å². The van der Waals surface area contributed by atoms with E-state index < -0.39 is 12.1 Å². The predicted molar refractivity (Wildman–Crippen MR) is 70.1 cm³/mol. The van der Waals surface area contributed by atoms with Gasteiger partial charge in [-0.05, 0) is 6.92 Å². The summed E-state index contributed by atoms with van der Waals surface area (Å²) in [7, 11) is 2.90. The van der Waals surface area contributed by atoms with Gasteiger partial charge in [-0.15, -0.1) is 11.3 Å². The second-order valence-corrected chi connectivity index (χ2v) is 5.02. The molecule has 0 bridgehead atoms. The lowest BCUT2D eigenvalue weighted by molar-refractivity contribution is -0.148. The lowest BCUT2D eigenvalue weighted by atomic mass is 10.3. The minimum absolute atomic E-state index is 0.0783. The molecule has 0 aliphatic heterocycles. The summed E-state index contributed by atoms with van der Waals surface area (Å²) in [4.78, 5) is 28.1. The molecule has 0 aromatic carbocycles. The Morgan fingerprint density at radius 2 is 2.32 bits per heavy atom. The lowest BCUT2D eigenvalue weighted by Crippen LogP contribution is -2.43. The van der Waals surface area contributed by atoms with Crippen LogP contribution in [0.15, 0.2) is 5.38 Å². The fraction of sp³-hybridized carbons (Fsp3) is 0.545. The molecule has 7 nitrogen and oxygen atoms in total. The molecule has 1 heterocycles. The van der Waals surface area contributed by atoms with E-state index >= 15 is 0 Å². The summed E-state index contributed by atoms with van der Waals surface area (Å²) in [6.45, 7) is 2.19. The Bertz CT molecular complexity index is 449. The number of thiazole rings is 1. The van der Waals surface area contributed by atoms with Crippen LogP contribution >= 0.6 is 11.3 Å². The molecule has 0 saturated heterocycles. The van der Waals surface area contributed by atoms with Crippen molar-refractivity contribution in [3.63, 3.8) is 0 Å². The third-order valence-corrected chi connectivity index (χ3v) is 3.23. The summed E-state index contributed by atoms with van der Waals surface area (Å²) in [5.74, 6) is -1.11. The number of ether oxygens (including phenoxy) is 1. The highest BCUT2D eigenvalue weighted by atomic mass is 32.1. The summed E-state index contributed by atoms with van der Waals surface area (Å²) in [5, 5.41) is 14.1. The van der Waals surface area contributed by atoms with Crippen LogP contribution in [0, 0.1) is 6.92 Å². The number of carboxylic acids is 1. The van der Waals surface area contributed by atoms with Crippen LogP contribution in [0.4, 0.5) is 4.79 Å². The SMILES string of the molecule is COC(CNC(=O)N(C)Cc1csc(C)n1)C(=O)O. The van der Waals surface area contributed by atoms with Crippen molar-refractivity contribution in [1.82, 2.24) is 15.2 Å². The molecule has 0 saturated carbocycles. The number of nitrogens with one attached hydrogen (secondary N) is 1. The predicted octanol–water partition coefficient (Wildman–Crippen LogP) is 0.693. The van der Waals surface area contributed by atoms with Crippen molar-refractivity contribution >= 4 is 23.3 Å². The van der Waals surface area contributed by atoms with Gasteiger partial charge in [-0.25, -0.2) is 14.6 Å². The van der Waals surface area contributed by atoms with Gasteiger partial charge in [-0.2, -0.15) is 0 Å². The molecule has 1 aromatic rings. The van der Waals surface area contributed by atoms with E-state index in [2.05, 4.69) is 10.3 Å². The number of methoxy groups -OCH3 is 1. The van der Waals surface area contributed by atoms with E-state index in [0.29, 0.717) is 6.54 Å². The Kier molecular flexibility index (Phi) is 5.71. The molecule has 0 fully saturated rings. The van der Waals surface area contributed by atoms with Gasteiger partial charge in [0.05, 0.1) is 23.8 Å². The minimum atomic E-state index is -1.11. The van der Waals surface area contributed by atoms with E-state index in [9.17, 15) is 9.59 Å². The molecule has 106 valence electrons. The zero-order chi connectivity index (χ0) is 14.4. The van der Waals surface area contributed by atoms with Gasteiger partial charge in [0.15, 0.2) is 6.10 Å². The third kappa shape index (κ3) is 4.84. The number of nitrogens with zero attached hydrogens (tertiary/aromatic N) is 2. The van der Waals surface area contributed by atoms with Crippen LogP contribution in [-0.4, -0.2) is 53.8 Å².